The largest absolute Gasteiger partial charge is 0.378 e. The molecule has 3 saturated heterocycles. The predicted octanol–water partition coefficient (Wildman–Crippen LogP) is 2.27. The molecular weight excluding hydrogens is 364 g/mol. The molecule has 6 nitrogen and oxygen atoms in total. The van der Waals surface area contributed by atoms with Crippen LogP contribution in [0.5, 0.6) is 0 Å². The third kappa shape index (κ3) is 4.39. The van der Waals surface area contributed by atoms with Crippen LogP contribution in [-0.2, 0) is 9.53 Å². The van der Waals surface area contributed by atoms with E-state index in [1.807, 2.05) is 17.0 Å². The molecule has 1 atom stereocenters. The predicted molar refractivity (Wildman–Crippen MR) is 106 cm³/mol. The molecule has 3 aliphatic rings. The fourth-order valence-electron chi connectivity index (χ4n) is 4.63. The standard InChI is InChI=1S/C20H29ClN4O2/c21-18-4-1-7-22-19(18)23-9-5-17(6-10-23)25-8-2-3-16(15-25)20(26)24-11-13-27-14-12-24/h1,4,7,16-17H,2-3,5-6,8-15H2/t16-/m1/s1. The van der Waals surface area contributed by atoms with Crippen LogP contribution in [0.2, 0.25) is 5.02 Å². The van der Waals surface area contributed by atoms with Gasteiger partial charge in [-0.05, 0) is 44.4 Å². The molecule has 0 aromatic carbocycles. The van der Waals surface area contributed by atoms with E-state index in [2.05, 4.69) is 14.8 Å². The number of pyridine rings is 1. The summed E-state index contributed by atoms with van der Waals surface area (Å²) in [5.41, 5.74) is 0. The molecule has 0 N–H and O–H groups in total. The van der Waals surface area contributed by atoms with Gasteiger partial charge in [-0.3, -0.25) is 9.69 Å². The number of morpholine rings is 1. The SMILES string of the molecule is O=C([C@@H]1CCCN(C2CCN(c3ncccc3Cl)CC2)C1)N1CCOCC1. The van der Waals surface area contributed by atoms with Crippen LogP contribution in [0.25, 0.3) is 0 Å². The first kappa shape index (κ1) is 19.0. The summed E-state index contributed by atoms with van der Waals surface area (Å²) in [6.45, 7) is 6.82. The first-order valence-electron chi connectivity index (χ1n) is 10.2. The molecule has 3 fully saturated rings. The zero-order chi connectivity index (χ0) is 18.6. The summed E-state index contributed by atoms with van der Waals surface area (Å²) in [6.07, 6.45) is 6.15. The first-order chi connectivity index (χ1) is 13.2. The molecular formula is C20H29ClN4O2. The highest BCUT2D eigenvalue weighted by Crippen LogP contribution is 2.29. The number of halogens is 1. The van der Waals surface area contributed by atoms with Crippen molar-refractivity contribution in [3.05, 3.63) is 23.4 Å². The van der Waals surface area contributed by atoms with Crippen LogP contribution < -0.4 is 4.90 Å². The molecule has 1 aromatic rings. The monoisotopic (exact) mass is 392 g/mol. The molecule has 1 aromatic heterocycles. The third-order valence-electron chi connectivity index (χ3n) is 6.14. The lowest BCUT2D eigenvalue weighted by molar-refractivity contribution is -0.141. The molecule has 1 amide bonds. The molecule has 4 rings (SSSR count). The zero-order valence-corrected chi connectivity index (χ0v) is 16.6. The van der Waals surface area contributed by atoms with Crippen molar-refractivity contribution in [3.8, 4) is 0 Å². The van der Waals surface area contributed by atoms with Crippen molar-refractivity contribution in [2.24, 2.45) is 5.92 Å². The summed E-state index contributed by atoms with van der Waals surface area (Å²) in [6, 6.07) is 4.34. The molecule has 0 radical (unpaired) electrons. The Bertz CT molecular complexity index is 645. The van der Waals surface area contributed by atoms with E-state index >= 15 is 0 Å². The Labute approximate surface area is 166 Å². The number of piperidine rings is 2. The average molecular weight is 393 g/mol. The second-order valence-corrected chi connectivity index (χ2v) is 8.21. The van der Waals surface area contributed by atoms with Gasteiger partial charge in [0, 0.05) is 45.0 Å². The van der Waals surface area contributed by atoms with Gasteiger partial charge in [0.15, 0.2) is 0 Å². The second kappa shape index (κ2) is 8.76. The fourth-order valence-corrected chi connectivity index (χ4v) is 4.88. The van der Waals surface area contributed by atoms with E-state index in [9.17, 15) is 4.79 Å². The normalized spacial score (nSPS) is 25.6. The summed E-state index contributed by atoms with van der Waals surface area (Å²) in [4.78, 5) is 24.2. The Morgan fingerprint density at radius 2 is 1.89 bits per heavy atom. The van der Waals surface area contributed by atoms with Crippen molar-refractivity contribution < 1.29 is 9.53 Å². The summed E-state index contributed by atoms with van der Waals surface area (Å²) in [7, 11) is 0. The summed E-state index contributed by atoms with van der Waals surface area (Å²) < 4.78 is 5.38. The smallest absolute Gasteiger partial charge is 0.227 e. The van der Waals surface area contributed by atoms with Crippen molar-refractivity contribution in [2.45, 2.75) is 31.7 Å². The van der Waals surface area contributed by atoms with E-state index in [1.54, 1.807) is 6.20 Å². The minimum absolute atomic E-state index is 0.153. The van der Waals surface area contributed by atoms with E-state index in [0.717, 1.165) is 75.8 Å². The Hall–Kier alpha value is -1.37. The van der Waals surface area contributed by atoms with Gasteiger partial charge in [-0.2, -0.15) is 0 Å². The molecule has 27 heavy (non-hydrogen) atoms. The topological polar surface area (TPSA) is 48.9 Å². The van der Waals surface area contributed by atoms with E-state index in [0.29, 0.717) is 25.2 Å². The molecule has 0 unspecified atom stereocenters. The number of aromatic nitrogens is 1. The Balaban J connectivity index is 1.31. The molecule has 0 spiro atoms. The summed E-state index contributed by atoms with van der Waals surface area (Å²) in [5, 5.41) is 0.727. The van der Waals surface area contributed by atoms with Crippen LogP contribution in [0.1, 0.15) is 25.7 Å². The molecule has 7 heteroatoms. The molecule has 3 aliphatic heterocycles. The number of amides is 1. The van der Waals surface area contributed by atoms with Crippen LogP contribution >= 0.6 is 11.6 Å². The van der Waals surface area contributed by atoms with Crippen molar-refractivity contribution in [2.75, 3.05) is 57.4 Å². The maximum atomic E-state index is 12.9. The van der Waals surface area contributed by atoms with Gasteiger partial charge in [-0.1, -0.05) is 11.6 Å². The second-order valence-electron chi connectivity index (χ2n) is 7.80. The van der Waals surface area contributed by atoms with Gasteiger partial charge in [-0.15, -0.1) is 0 Å². The van der Waals surface area contributed by atoms with Crippen molar-refractivity contribution >= 4 is 23.3 Å². The van der Waals surface area contributed by atoms with Crippen molar-refractivity contribution in [1.29, 1.82) is 0 Å². The van der Waals surface area contributed by atoms with Crippen LogP contribution in [0.3, 0.4) is 0 Å². The molecule has 4 heterocycles. The number of hydrogen-bond acceptors (Lipinski definition) is 5. The highest BCUT2D eigenvalue weighted by Gasteiger charge is 2.34. The van der Waals surface area contributed by atoms with Crippen molar-refractivity contribution in [3.63, 3.8) is 0 Å². The average Bonchev–Trinajstić information content (AvgIpc) is 2.74. The van der Waals surface area contributed by atoms with E-state index in [4.69, 9.17) is 16.3 Å². The highest BCUT2D eigenvalue weighted by atomic mass is 35.5. The fraction of sp³-hybridized carbons (Fsp3) is 0.700. The van der Waals surface area contributed by atoms with Gasteiger partial charge in [0.1, 0.15) is 5.82 Å². The lowest BCUT2D eigenvalue weighted by Crippen LogP contribution is -2.52. The number of carbonyl (C=O) groups is 1. The number of carbonyl (C=O) groups excluding carboxylic acids is 1. The Morgan fingerprint density at radius 3 is 2.63 bits per heavy atom. The maximum absolute atomic E-state index is 12.9. The van der Waals surface area contributed by atoms with Gasteiger partial charge < -0.3 is 14.5 Å². The zero-order valence-electron chi connectivity index (χ0n) is 15.9. The number of rotatable bonds is 3. The maximum Gasteiger partial charge on any atom is 0.227 e. The number of hydrogen-bond donors (Lipinski definition) is 0. The quantitative estimate of drug-likeness (QED) is 0.789. The van der Waals surface area contributed by atoms with E-state index in [1.165, 1.54) is 0 Å². The number of anilines is 1. The van der Waals surface area contributed by atoms with E-state index < -0.39 is 0 Å². The van der Waals surface area contributed by atoms with Crippen LogP contribution in [0, 0.1) is 5.92 Å². The number of ether oxygens (including phenoxy) is 1. The molecule has 148 valence electrons. The van der Waals surface area contributed by atoms with Gasteiger partial charge in [0.2, 0.25) is 5.91 Å². The van der Waals surface area contributed by atoms with Gasteiger partial charge in [0.05, 0.1) is 24.2 Å². The van der Waals surface area contributed by atoms with Gasteiger partial charge >= 0.3 is 0 Å². The van der Waals surface area contributed by atoms with Crippen LogP contribution in [-0.4, -0.2) is 79.2 Å². The molecule has 0 saturated carbocycles. The van der Waals surface area contributed by atoms with Gasteiger partial charge in [0.25, 0.3) is 0 Å². The lowest BCUT2D eigenvalue weighted by atomic mass is 9.92. The van der Waals surface area contributed by atoms with E-state index in [-0.39, 0.29) is 5.92 Å². The summed E-state index contributed by atoms with van der Waals surface area (Å²) >= 11 is 6.30. The first-order valence-corrected chi connectivity index (χ1v) is 10.6. The molecule has 0 bridgehead atoms. The number of likely N-dealkylation sites (tertiary alicyclic amines) is 1. The summed E-state index contributed by atoms with van der Waals surface area (Å²) in [5.74, 6) is 1.39. The van der Waals surface area contributed by atoms with Crippen molar-refractivity contribution in [1.82, 2.24) is 14.8 Å². The number of nitrogens with zero attached hydrogens (tertiary/aromatic N) is 4. The van der Waals surface area contributed by atoms with Crippen LogP contribution in [0.4, 0.5) is 5.82 Å². The lowest BCUT2D eigenvalue weighted by Gasteiger charge is -2.43. The highest BCUT2D eigenvalue weighted by molar-refractivity contribution is 6.32. The third-order valence-corrected chi connectivity index (χ3v) is 6.44. The Morgan fingerprint density at radius 1 is 1.11 bits per heavy atom. The minimum Gasteiger partial charge on any atom is -0.378 e. The molecule has 0 aliphatic carbocycles. The van der Waals surface area contributed by atoms with Crippen LogP contribution in [0.15, 0.2) is 18.3 Å². The van der Waals surface area contributed by atoms with Gasteiger partial charge in [-0.25, -0.2) is 4.98 Å². The minimum atomic E-state index is 0.153. The Kier molecular flexibility index (Phi) is 6.15.